The van der Waals surface area contributed by atoms with Crippen LogP contribution >= 0.6 is 0 Å². The number of amides is 1. The van der Waals surface area contributed by atoms with E-state index in [1.54, 1.807) is 0 Å². The Morgan fingerprint density at radius 1 is 1.30 bits per heavy atom. The zero-order valence-electron chi connectivity index (χ0n) is 15.1. The van der Waals surface area contributed by atoms with E-state index < -0.39 is 11.5 Å². The Kier molecular flexibility index (Phi) is 4.57. The minimum atomic E-state index is -0.523. The van der Waals surface area contributed by atoms with E-state index in [2.05, 4.69) is 26.8 Å². The number of cyclic esters (lactones) is 1. The third-order valence-corrected chi connectivity index (χ3v) is 5.10. The number of esters is 1. The van der Waals surface area contributed by atoms with E-state index in [-0.39, 0.29) is 11.8 Å². The van der Waals surface area contributed by atoms with Gasteiger partial charge in [0.15, 0.2) is 5.69 Å². The quantitative estimate of drug-likeness (QED) is 0.740. The molecule has 142 valence electrons. The minimum absolute atomic E-state index is 0.157. The van der Waals surface area contributed by atoms with Gasteiger partial charge in [0.1, 0.15) is 12.9 Å². The zero-order chi connectivity index (χ0) is 18.9. The van der Waals surface area contributed by atoms with Crippen molar-refractivity contribution in [1.29, 1.82) is 0 Å². The van der Waals surface area contributed by atoms with Crippen molar-refractivity contribution in [3.63, 3.8) is 0 Å². The maximum atomic E-state index is 12.2. The van der Waals surface area contributed by atoms with Crippen LogP contribution in [0.2, 0.25) is 0 Å². The highest BCUT2D eigenvalue weighted by molar-refractivity contribution is 5.86. The summed E-state index contributed by atoms with van der Waals surface area (Å²) in [5, 5.41) is 0. The van der Waals surface area contributed by atoms with Crippen molar-refractivity contribution in [1.82, 2.24) is 14.8 Å². The summed E-state index contributed by atoms with van der Waals surface area (Å²) in [6, 6.07) is 10.1. The van der Waals surface area contributed by atoms with E-state index in [1.807, 2.05) is 23.1 Å². The monoisotopic (exact) mass is 371 g/mol. The van der Waals surface area contributed by atoms with Gasteiger partial charge in [-0.15, -0.1) is 0 Å². The van der Waals surface area contributed by atoms with Gasteiger partial charge in [-0.1, -0.05) is 30.3 Å². The number of rotatable bonds is 5. The number of aromatic nitrogens is 1. The molecular formula is C19H21N3O5. The van der Waals surface area contributed by atoms with Gasteiger partial charge >= 0.3 is 12.1 Å². The minimum Gasteiger partial charge on any atom is -0.464 e. The first-order chi connectivity index (χ1) is 13.1. The molecule has 8 heteroatoms. The number of carbonyl (C=O) groups is 2. The Hall–Kier alpha value is -2.87. The number of hydrogen-bond acceptors (Lipinski definition) is 7. The number of nitrogens with zero attached hydrogens (tertiary/aromatic N) is 3. The van der Waals surface area contributed by atoms with E-state index in [9.17, 15) is 9.59 Å². The van der Waals surface area contributed by atoms with Gasteiger partial charge in [-0.3, -0.25) is 9.80 Å². The van der Waals surface area contributed by atoms with Gasteiger partial charge in [0.25, 0.3) is 0 Å². The molecule has 1 unspecified atom stereocenters. The van der Waals surface area contributed by atoms with Crippen LogP contribution in [0.1, 0.15) is 21.9 Å². The summed E-state index contributed by atoms with van der Waals surface area (Å²) in [4.78, 5) is 31.9. The Morgan fingerprint density at radius 3 is 2.89 bits per heavy atom. The average Bonchev–Trinajstić information content (AvgIpc) is 3.27. The number of hydrogen-bond donors (Lipinski definition) is 0. The van der Waals surface area contributed by atoms with E-state index >= 15 is 0 Å². The number of methoxy groups -OCH3 is 1. The fourth-order valence-corrected chi connectivity index (χ4v) is 3.83. The molecule has 1 atom stereocenters. The van der Waals surface area contributed by atoms with Crippen LogP contribution in [0.25, 0.3) is 0 Å². The molecule has 2 aromatic rings. The van der Waals surface area contributed by atoms with Crippen molar-refractivity contribution in [3.8, 4) is 0 Å². The second kappa shape index (κ2) is 7.03. The largest absolute Gasteiger partial charge is 0.464 e. The number of benzene rings is 1. The Morgan fingerprint density at radius 2 is 2.11 bits per heavy atom. The molecule has 3 heterocycles. The summed E-state index contributed by atoms with van der Waals surface area (Å²) < 4.78 is 15.4. The summed E-state index contributed by atoms with van der Waals surface area (Å²) >= 11 is 0. The van der Waals surface area contributed by atoms with Crippen LogP contribution in [-0.2, 0) is 22.4 Å². The molecule has 27 heavy (non-hydrogen) atoms. The summed E-state index contributed by atoms with van der Waals surface area (Å²) in [6.45, 7) is 2.72. The van der Waals surface area contributed by atoms with Crippen LogP contribution in [0.5, 0.6) is 0 Å². The van der Waals surface area contributed by atoms with Crippen molar-refractivity contribution in [2.24, 2.45) is 0 Å². The molecule has 2 fully saturated rings. The highest BCUT2D eigenvalue weighted by Gasteiger charge is 2.50. The van der Waals surface area contributed by atoms with E-state index in [1.165, 1.54) is 13.4 Å². The molecular weight excluding hydrogens is 350 g/mol. The maximum Gasteiger partial charge on any atom is 0.410 e. The van der Waals surface area contributed by atoms with Crippen molar-refractivity contribution in [2.45, 2.75) is 18.5 Å². The fourth-order valence-electron chi connectivity index (χ4n) is 3.83. The molecule has 0 aliphatic carbocycles. The molecule has 1 aromatic heterocycles. The average molecular weight is 371 g/mol. The zero-order valence-corrected chi connectivity index (χ0v) is 15.1. The van der Waals surface area contributed by atoms with Crippen LogP contribution in [0, 0.1) is 0 Å². The second-order valence-electron chi connectivity index (χ2n) is 6.92. The van der Waals surface area contributed by atoms with Crippen LogP contribution in [-0.4, -0.2) is 65.7 Å². The third-order valence-electron chi connectivity index (χ3n) is 5.10. The molecule has 2 aliphatic heterocycles. The second-order valence-corrected chi connectivity index (χ2v) is 6.92. The van der Waals surface area contributed by atoms with Crippen LogP contribution < -0.4 is 0 Å². The Bertz CT molecular complexity index is 837. The van der Waals surface area contributed by atoms with Crippen molar-refractivity contribution in [2.75, 3.05) is 33.4 Å². The molecule has 1 amide bonds. The van der Waals surface area contributed by atoms with Crippen LogP contribution in [0.3, 0.4) is 0 Å². The van der Waals surface area contributed by atoms with Gasteiger partial charge in [0, 0.05) is 26.1 Å². The normalized spacial score (nSPS) is 22.4. The molecule has 0 N–H and O–H groups in total. The number of fused-ring (bicyclic) bond motifs is 1. The lowest BCUT2D eigenvalue weighted by molar-refractivity contribution is 0.0433. The predicted octanol–water partition coefficient (Wildman–Crippen LogP) is 1.71. The van der Waals surface area contributed by atoms with Gasteiger partial charge in [0.2, 0.25) is 5.89 Å². The lowest BCUT2D eigenvalue weighted by atomic mass is 9.88. The first-order valence-electron chi connectivity index (χ1n) is 8.83. The summed E-state index contributed by atoms with van der Waals surface area (Å²) in [6.07, 6.45) is 1.77. The molecule has 0 saturated carbocycles. The Labute approximate surface area is 156 Å². The number of piperazine rings is 1. The highest BCUT2D eigenvalue weighted by Crippen LogP contribution is 2.32. The molecule has 2 aliphatic rings. The number of oxazole rings is 1. The van der Waals surface area contributed by atoms with Crippen molar-refractivity contribution >= 4 is 12.1 Å². The van der Waals surface area contributed by atoms with E-state index in [4.69, 9.17) is 9.15 Å². The number of ether oxygens (including phenoxy) is 2. The standard InChI is InChI=1S/C19H21N3O5/c1-25-17(23)15-11-26-16(20-15)10-21-7-8-22-18(24)27-13-19(22,12-21)9-14-5-3-2-4-6-14/h2-6,11H,7-10,12-13H2,1H3. The summed E-state index contributed by atoms with van der Waals surface area (Å²) in [5.41, 5.74) is 0.908. The number of carbonyl (C=O) groups excluding carboxylic acids is 2. The summed E-state index contributed by atoms with van der Waals surface area (Å²) in [5.74, 6) is -0.0749. The van der Waals surface area contributed by atoms with E-state index in [0.29, 0.717) is 38.7 Å². The van der Waals surface area contributed by atoms with Gasteiger partial charge in [0.05, 0.1) is 19.2 Å². The molecule has 0 radical (unpaired) electrons. The fraction of sp³-hybridized carbons (Fsp3) is 0.421. The third kappa shape index (κ3) is 3.40. The molecule has 4 rings (SSSR count). The van der Waals surface area contributed by atoms with Gasteiger partial charge in [-0.2, -0.15) is 0 Å². The lowest BCUT2D eigenvalue weighted by Crippen LogP contribution is -2.62. The van der Waals surface area contributed by atoms with Gasteiger partial charge in [-0.05, 0) is 5.56 Å². The first-order valence-corrected chi connectivity index (χ1v) is 8.83. The van der Waals surface area contributed by atoms with Gasteiger partial charge in [-0.25, -0.2) is 14.6 Å². The molecule has 2 saturated heterocycles. The van der Waals surface area contributed by atoms with Gasteiger partial charge < -0.3 is 13.9 Å². The molecule has 0 bridgehead atoms. The van der Waals surface area contributed by atoms with Crippen LogP contribution in [0.4, 0.5) is 4.79 Å². The van der Waals surface area contributed by atoms with Crippen molar-refractivity contribution in [3.05, 3.63) is 53.7 Å². The molecule has 8 nitrogen and oxygen atoms in total. The SMILES string of the molecule is COC(=O)c1coc(CN2CCN3C(=O)OCC3(Cc3ccccc3)C2)n1. The first kappa shape index (κ1) is 17.5. The maximum absolute atomic E-state index is 12.2. The van der Waals surface area contributed by atoms with Crippen LogP contribution in [0.15, 0.2) is 41.0 Å². The lowest BCUT2D eigenvalue weighted by Gasteiger charge is -2.44. The summed E-state index contributed by atoms with van der Waals surface area (Å²) in [7, 11) is 1.31. The van der Waals surface area contributed by atoms with E-state index in [0.717, 1.165) is 12.0 Å². The smallest absolute Gasteiger partial charge is 0.410 e. The Balaban J connectivity index is 1.51. The highest BCUT2D eigenvalue weighted by atomic mass is 16.6. The molecule has 0 spiro atoms. The van der Waals surface area contributed by atoms with Crippen molar-refractivity contribution < 1.29 is 23.5 Å². The molecule has 1 aromatic carbocycles. The predicted molar refractivity (Wildman–Crippen MR) is 94.1 cm³/mol. The topological polar surface area (TPSA) is 85.1 Å².